The van der Waals surface area contributed by atoms with Gasteiger partial charge in [-0.15, -0.1) is 0 Å². The molecule has 0 bridgehead atoms. The molecule has 4 heteroatoms. The molecule has 0 saturated carbocycles. The first-order valence-corrected chi connectivity index (χ1v) is 6.40. The lowest BCUT2D eigenvalue weighted by molar-refractivity contribution is 0.313. The SMILES string of the molecule is CC1(c2cccnc2)OC1c1ccc(Cl)cc1Cl. The Kier molecular flexibility index (Phi) is 2.81. The maximum absolute atomic E-state index is 6.20. The third-order valence-electron chi connectivity index (χ3n) is 3.29. The van der Waals surface area contributed by atoms with Gasteiger partial charge in [-0.1, -0.05) is 35.3 Å². The van der Waals surface area contributed by atoms with Gasteiger partial charge < -0.3 is 4.74 Å². The number of epoxide rings is 1. The Balaban J connectivity index is 1.94. The topological polar surface area (TPSA) is 25.4 Å². The van der Waals surface area contributed by atoms with Crippen molar-refractivity contribution in [2.75, 3.05) is 0 Å². The molecule has 1 fully saturated rings. The van der Waals surface area contributed by atoms with E-state index in [0.29, 0.717) is 10.0 Å². The van der Waals surface area contributed by atoms with Gasteiger partial charge in [0.2, 0.25) is 0 Å². The van der Waals surface area contributed by atoms with Crippen LogP contribution in [0.1, 0.15) is 24.2 Å². The second-order valence-electron chi connectivity index (χ2n) is 4.51. The van der Waals surface area contributed by atoms with Crippen LogP contribution in [0.25, 0.3) is 0 Å². The molecular formula is C14H11Cl2NO. The second kappa shape index (κ2) is 4.23. The van der Waals surface area contributed by atoms with Gasteiger partial charge in [0.25, 0.3) is 0 Å². The Morgan fingerprint density at radius 1 is 1.28 bits per heavy atom. The first kappa shape index (κ1) is 12.0. The van der Waals surface area contributed by atoms with Crippen molar-refractivity contribution in [3.8, 4) is 0 Å². The third-order valence-corrected chi connectivity index (χ3v) is 3.85. The molecule has 0 aliphatic carbocycles. The van der Waals surface area contributed by atoms with Crippen molar-refractivity contribution < 1.29 is 4.74 Å². The number of hydrogen-bond acceptors (Lipinski definition) is 2. The number of halogens is 2. The van der Waals surface area contributed by atoms with Gasteiger partial charge in [-0.05, 0) is 25.1 Å². The molecule has 1 aliphatic heterocycles. The number of aromatic nitrogens is 1. The van der Waals surface area contributed by atoms with Crippen molar-refractivity contribution in [2.45, 2.75) is 18.6 Å². The molecule has 92 valence electrons. The molecule has 2 aromatic rings. The molecule has 1 saturated heterocycles. The average Bonchev–Trinajstić information content (AvgIpc) is 3.04. The molecule has 0 spiro atoms. The van der Waals surface area contributed by atoms with E-state index in [9.17, 15) is 0 Å². The van der Waals surface area contributed by atoms with Gasteiger partial charge in [-0.2, -0.15) is 0 Å². The fourth-order valence-corrected chi connectivity index (χ4v) is 2.67. The van der Waals surface area contributed by atoms with Crippen LogP contribution in [0.5, 0.6) is 0 Å². The largest absolute Gasteiger partial charge is 0.356 e. The fraction of sp³-hybridized carbons (Fsp3) is 0.214. The molecule has 1 aliphatic rings. The molecule has 18 heavy (non-hydrogen) atoms. The predicted molar refractivity (Wildman–Crippen MR) is 71.9 cm³/mol. The van der Waals surface area contributed by atoms with E-state index in [0.717, 1.165) is 11.1 Å². The van der Waals surface area contributed by atoms with Gasteiger partial charge >= 0.3 is 0 Å². The van der Waals surface area contributed by atoms with Crippen LogP contribution in [0, 0.1) is 0 Å². The van der Waals surface area contributed by atoms with E-state index in [4.69, 9.17) is 27.9 Å². The molecule has 0 amide bonds. The number of ether oxygens (including phenoxy) is 1. The van der Waals surface area contributed by atoms with Crippen molar-refractivity contribution in [3.05, 3.63) is 63.9 Å². The van der Waals surface area contributed by atoms with Gasteiger partial charge in [0.1, 0.15) is 11.7 Å². The normalized spacial score (nSPS) is 26.1. The highest BCUT2D eigenvalue weighted by Gasteiger charge is 2.55. The maximum Gasteiger partial charge on any atom is 0.123 e. The lowest BCUT2D eigenvalue weighted by Crippen LogP contribution is -2.04. The van der Waals surface area contributed by atoms with Gasteiger partial charge in [-0.25, -0.2) is 0 Å². The Hall–Kier alpha value is -1.09. The lowest BCUT2D eigenvalue weighted by Gasteiger charge is -2.07. The van der Waals surface area contributed by atoms with Gasteiger partial charge in [-0.3, -0.25) is 4.98 Å². The molecule has 0 radical (unpaired) electrons. The zero-order valence-corrected chi connectivity index (χ0v) is 11.2. The summed E-state index contributed by atoms with van der Waals surface area (Å²) < 4.78 is 5.83. The summed E-state index contributed by atoms with van der Waals surface area (Å²) in [6.07, 6.45) is 3.54. The molecule has 2 unspecified atom stereocenters. The summed E-state index contributed by atoms with van der Waals surface area (Å²) in [5.74, 6) is 0. The van der Waals surface area contributed by atoms with Crippen LogP contribution in [-0.4, -0.2) is 4.98 Å². The molecule has 3 rings (SSSR count). The van der Waals surface area contributed by atoms with Crippen molar-refractivity contribution in [1.82, 2.24) is 4.98 Å². The summed E-state index contributed by atoms with van der Waals surface area (Å²) in [5.41, 5.74) is 1.68. The van der Waals surface area contributed by atoms with Crippen LogP contribution in [0.2, 0.25) is 10.0 Å². The fourth-order valence-electron chi connectivity index (χ4n) is 2.16. The first-order valence-electron chi connectivity index (χ1n) is 5.64. The number of hydrogen-bond donors (Lipinski definition) is 0. The van der Waals surface area contributed by atoms with Crippen LogP contribution < -0.4 is 0 Å². The van der Waals surface area contributed by atoms with Gasteiger partial charge in [0, 0.05) is 33.6 Å². The van der Waals surface area contributed by atoms with Crippen LogP contribution in [0.3, 0.4) is 0 Å². The van der Waals surface area contributed by atoms with E-state index >= 15 is 0 Å². The monoisotopic (exact) mass is 279 g/mol. The number of pyridine rings is 1. The minimum Gasteiger partial charge on any atom is -0.356 e. The minimum absolute atomic E-state index is 0.0357. The van der Waals surface area contributed by atoms with Crippen molar-refractivity contribution in [1.29, 1.82) is 0 Å². The van der Waals surface area contributed by atoms with E-state index in [-0.39, 0.29) is 11.7 Å². The van der Waals surface area contributed by atoms with Gasteiger partial charge in [0.05, 0.1) is 0 Å². The zero-order valence-electron chi connectivity index (χ0n) is 9.73. The van der Waals surface area contributed by atoms with Gasteiger partial charge in [0.15, 0.2) is 0 Å². The summed E-state index contributed by atoms with van der Waals surface area (Å²) >= 11 is 12.1. The molecule has 1 aromatic carbocycles. The third kappa shape index (κ3) is 1.91. The molecule has 0 N–H and O–H groups in total. The molecule has 2 nitrogen and oxygen atoms in total. The Morgan fingerprint density at radius 3 is 2.78 bits per heavy atom. The summed E-state index contributed by atoms with van der Waals surface area (Å²) in [5, 5.41) is 1.27. The van der Waals surface area contributed by atoms with E-state index in [2.05, 4.69) is 4.98 Å². The van der Waals surface area contributed by atoms with E-state index in [1.807, 2.05) is 37.4 Å². The minimum atomic E-state index is -0.342. The molecule has 1 aromatic heterocycles. The highest BCUT2D eigenvalue weighted by atomic mass is 35.5. The number of benzene rings is 1. The van der Waals surface area contributed by atoms with E-state index in [1.165, 1.54) is 0 Å². The number of nitrogens with zero attached hydrogens (tertiary/aromatic N) is 1. The Morgan fingerprint density at radius 2 is 2.11 bits per heavy atom. The van der Waals surface area contributed by atoms with E-state index < -0.39 is 0 Å². The summed E-state index contributed by atoms with van der Waals surface area (Å²) in [4.78, 5) is 4.12. The summed E-state index contributed by atoms with van der Waals surface area (Å²) in [6, 6.07) is 9.40. The van der Waals surface area contributed by atoms with Crippen molar-refractivity contribution in [2.24, 2.45) is 0 Å². The zero-order chi connectivity index (χ0) is 12.8. The highest BCUT2D eigenvalue weighted by molar-refractivity contribution is 6.35. The highest BCUT2D eigenvalue weighted by Crippen LogP contribution is 2.57. The smallest absolute Gasteiger partial charge is 0.123 e. The average molecular weight is 280 g/mol. The predicted octanol–water partition coefficient (Wildman–Crippen LogP) is 4.38. The maximum atomic E-state index is 6.20. The summed E-state index contributed by atoms with van der Waals surface area (Å²) in [7, 11) is 0. The molecular weight excluding hydrogens is 269 g/mol. The quantitative estimate of drug-likeness (QED) is 0.763. The van der Waals surface area contributed by atoms with Crippen molar-refractivity contribution in [3.63, 3.8) is 0 Å². The van der Waals surface area contributed by atoms with E-state index in [1.54, 1.807) is 12.3 Å². The van der Waals surface area contributed by atoms with Crippen molar-refractivity contribution >= 4 is 23.2 Å². The summed E-state index contributed by atoms with van der Waals surface area (Å²) in [6.45, 7) is 2.04. The molecule has 2 heterocycles. The molecule has 2 atom stereocenters. The standard InChI is InChI=1S/C14H11Cl2NO/c1-14(9-3-2-6-17-8-9)13(18-14)11-5-4-10(15)7-12(11)16/h2-8,13H,1H3. The first-order chi connectivity index (χ1) is 8.61. The second-order valence-corrected chi connectivity index (χ2v) is 5.36. The van der Waals surface area contributed by atoms with Crippen LogP contribution in [0.4, 0.5) is 0 Å². The Labute approximate surface area is 116 Å². The van der Waals surface area contributed by atoms with Crippen LogP contribution in [-0.2, 0) is 10.3 Å². The number of rotatable bonds is 2. The Bertz CT molecular complexity index is 588. The lowest BCUT2D eigenvalue weighted by atomic mass is 9.95. The van der Waals surface area contributed by atoms with Crippen LogP contribution >= 0.6 is 23.2 Å². The van der Waals surface area contributed by atoms with Crippen LogP contribution in [0.15, 0.2) is 42.7 Å².